The van der Waals surface area contributed by atoms with Gasteiger partial charge in [0.2, 0.25) is 11.9 Å². The second-order valence-electron chi connectivity index (χ2n) is 8.19. The molecule has 0 atom stereocenters. The molecule has 1 amide bonds. The molecular formula is C26H26FN5O2. The Bertz CT molecular complexity index is 1380. The number of aromatic nitrogens is 3. The lowest BCUT2D eigenvalue weighted by Gasteiger charge is -2.13. The lowest BCUT2D eigenvalue weighted by molar-refractivity contribution is -0.111. The number of carbonyl (C=O) groups is 1. The molecule has 0 saturated heterocycles. The Morgan fingerprint density at radius 1 is 1.18 bits per heavy atom. The van der Waals surface area contributed by atoms with Crippen LogP contribution in [0.4, 0.5) is 10.1 Å². The zero-order chi connectivity index (χ0) is 24.2. The summed E-state index contributed by atoms with van der Waals surface area (Å²) in [6, 6.07) is 8.71. The molecule has 3 aromatic heterocycles. The second-order valence-corrected chi connectivity index (χ2v) is 8.19. The van der Waals surface area contributed by atoms with Gasteiger partial charge < -0.3 is 19.9 Å². The van der Waals surface area contributed by atoms with Gasteiger partial charge in [0.05, 0.1) is 7.11 Å². The quantitative estimate of drug-likeness (QED) is 0.306. The van der Waals surface area contributed by atoms with E-state index in [1.807, 2.05) is 44.2 Å². The van der Waals surface area contributed by atoms with Crippen LogP contribution in [0.2, 0.25) is 0 Å². The van der Waals surface area contributed by atoms with E-state index in [4.69, 9.17) is 4.74 Å². The van der Waals surface area contributed by atoms with E-state index >= 15 is 0 Å². The number of ether oxygens (including phenoxy) is 1. The van der Waals surface area contributed by atoms with E-state index < -0.39 is 5.95 Å². The van der Waals surface area contributed by atoms with Gasteiger partial charge in [0, 0.05) is 65.5 Å². The summed E-state index contributed by atoms with van der Waals surface area (Å²) in [6.07, 6.45) is 8.36. The number of amides is 1. The number of aryl methyl sites for hydroxylation is 1. The van der Waals surface area contributed by atoms with Gasteiger partial charge in [-0.05, 0) is 55.9 Å². The average Bonchev–Trinajstić information content (AvgIpc) is 3.24. The number of likely N-dealkylation sites (N-methyl/N-ethyl adjacent to an activating group) is 1. The highest BCUT2D eigenvalue weighted by Gasteiger charge is 2.16. The molecule has 3 heterocycles. The summed E-state index contributed by atoms with van der Waals surface area (Å²) in [5.41, 5.74) is 5.55. The lowest BCUT2D eigenvalue weighted by atomic mass is 9.96. The van der Waals surface area contributed by atoms with Gasteiger partial charge in [-0.25, -0.2) is 9.97 Å². The van der Waals surface area contributed by atoms with Gasteiger partial charge in [0.1, 0.15) is 11.4 Å². The number of halogens is 1. The van der Waals surface area contributed by atoms with Crippen LogP contribution in [0.25, 0.3) is 33.3 Å². The summed E-state index contributed by atoms with van der Waals surface area (Å²) in [4.78, 5) is 25.7. The van der Waals surface area contributed by atoms with E-state index in [1.54, 1.807) is 31.5 Å². The topological polar surface area (TPSA) is 83.1 Å². The van der Waals surface area contributed by atoms with Crippen LogP contribution in [-0.2, 0) is 4.79 Å². The molecule has 2 N–H and O–H groups in total. The maximum atomic E-state index is 13.8. The number of hydrogen-bond acceptors (Lipinski definition) is 5. The minimum Gasteiger partial charge on any atom is -0.497 e. The van der Waals surface area contributed by atoms with Crippen LogP contribution in [0.5, 0.6) is 5.75 Å². The zero-order valence-electron chi connectivity index (χ0n) is 19.5. The van der Waals surface area contributed by atoms with Crippen molar-refractivity contribution in [2.45, 2.75) is 6.92 Å². The smallest absolute Gasteiger partial charge is 0.248 e. The summed E-state index contributed by atoms with van der Waals surface area (Å²) < 4.78 is 19.2. The molecule has 0 saturated carbocycles. The predicted octanol–water partition coefficient (Wildman–Crippen LogP) is 4.80. The molecule has 34 heavy (non-hydrogen) atoms. The van der Waals surface area contributed by atoms with E-state index in [9.17, 15) is 9.18 Å². The highest BCUT2D eigenvalue weighted by atomic mass is 19.1. The van der Waals surface area contributed by atoms with Crippen LogP contribution in [-0.4, -0.2) is 53.5 Å². The van der Waals surface area contributed by atoms with Crippen molar-refractivity contribution in [2.24, 2.45) is 0 Å². The summed E-state index contributed by atoms with van der Waals surface area (Å²) in [5, 5.41) is 3.79. The molecule has 1 aromatic carbocycles. The first-order chi connectivity index (χ1) is 16.4. The van der Waals surface area contributed by atoms with Crippen LogP contribution in [0.3, 0.4) is 0 Å². The SMILES string of the molecule is COc1cc(NC(=O)/C=C/CN(C)C)cc(-c2cnc3[nH]cc(-c4ccnc(F)c4)c3c2C)c1. The van der Waals surface area contributed by atoms with Crippen molar-refractivity contribution >= 4 is 22.6 Å². The number of anilines is 1. The van der Waals surface area contributed by atoms with Gasteiger partial charge in [-0.2, -0.15) is 4.39 Å². The Labute approximate surface area is 197 Å². The third kappa shape index (κ3) is 4.97. The third-order valence-electron chi connectivity index (χ3n) is 5.46. The molecular weight excluding hydrogens is 433 g/mol. The number of aromatic amines is 1. The number of carbonyl (C=O) groups excluding carboxylic acids is 1. The predicted molar refractivity (Wildman–Crippen MR) is 132 cm³/mol. The van der Waals surface area contributed by atoms with E-state index in [1.165, 1.54) is 18.3 Å². The molecule has 4 rings (SSSR count). The fourth-order valence-corrected chi connectivity index (χ4v) is 3.84. The van der Waals surface area contributed by atoms with Crippen LogP contribution in [0.15, 0.2) is 61.1 Å². The number of hydrogen-bond donors (Lipinski definition) is 2. The molecule has 174 valence electrons. The first-order valence-electron chi connectivity index (χ1n) is 10.8. The molecule has 4 aromatic rings. The highest BCUT2D eigenvalue weighted by Crippen LogP contribution is 2.37. The van der Waals surface area contributed by atoms with Crippen molar-refractivity contribution in [2.75, 3.05) is 33.1 Å². The molecule has 0 aliphatic carbocycles. The van der Waals surface area contributed by atoms with Crippen LogP contribution < -0.4 is 10.1 Å². The zero-order valence-corrected chi connectivity index (χ0v) is 19.5. The Hall–Kier alpha value is -4.04. The molecule has 8 heteroatoms. The fourth-order valence-electron chi connectivity index (χ4n) is 3.84. The summed E-state index contributed by atoms with van der Waals surface area (Å²) in [7, 11) is 5.45. The van der Waals surface area contributed by atoms with E-state index in [0.29, 0.717) is 29.2 Å². The van der Waals surface area contributed by atoms with Crippen LogP contribution >= 0.6 is 0 Å². The molecule has 7 nitrogen and oxygen atoms in total. The summed E-state index contributed by atoms with van der Waals surface area (Å²) in [5.74, 6) is -0.157. The first kappa shape index (κ1) is 23.1. The van der Waals surface area contributed by atoms with Gasteiger partial charge in [-0.15, -0.1) is 0 Å². The molecule has 0 unspecified atom stereocenters. The molecule has 0 aliphatic rings. The van der Waals surface area contributed by atoms with E-state index in [-0.39, 0.29) is 5.91 Å². The highest BCUT2D eigenvalue weighted by molar-refractivity contribution is 6.01. The molecule has 0 aliphatic heterocycles. The van der Waals surface area contributed by atoms with Crippen molar-refractivity contribution < 1.29 is 13.9 Å². The van der Waals surface area contributed by atoms with E-state index in [2.05, 4.69) is 20.3 Å². The van der Waals surface area contributed by atoms with Crippen molar-refractivity contribution in [1.82, 2.24) is 19.9 Å². The number of methoxy groups -OCH3 is 1. The van der Waals surface area contributed by atoms with Crippen LogP contribution in [0, 0.1) is 12.9 Å². The number of fused-ring (bicyclic) bond motifs is 1. The van der Waals surface area contributed by atoms with Gasteiger partial charge in [0.15, 0.2) is 0 Å². The first-order valence-corrected chi connectivity index (χ1v) is 10.8. The Morgan fingerprint density at radius 2 is 2.00 bits per heavy atom. The van der Waals surface area contributed by atoms with Crippen LogP contribution in [0.1, 0.15) is 5.56 Å². The molecule has 0 bridgehead atoms. The van der Waals surface area contributed by atoms with Gasteiger partial charge in [-0.3, -0.25) is 4.79 Å². The van der Waals surface area contributed by atoms with Crippen molar-refractivity contribution in [3.8, 4) is 28.0 Å². The number of rotatable bonds is 7. The molecule has 0 fully saturated rings. The van der Waals surface area contributed by atoms with Crippen molar-refractivity contribution in [3.05, 3.63) is 72.6 Å². The Kier molecular flexibility index (Phi) is 6.70. The number of pyridine rings is 2. The second kappa shape index (κ2) is 9.84. The molecule has 0 spiro atoms. The monoisotopic (exact) mass is 459 g/mol. The number of H-pyrrole nitrogens is 1. The maximum absolute atomic E-state index is 13.8. The van der Waals surface area contributed by atoms with Gasteiger partial charge >= 0.3 is 0 Å². The Balaban J connectivity index is 1.74. The van der Waals surface area contributed by atoms with E-state index in [0.717, 1.165) is 27.6 Å². The Morgan fingerprint density at radius 3 is 2.74 bits per heavy atom. The van der Waals surface area contributed by atoms with Crippen molar-refractivity contribution in [1.29, 1.82) is 0 Å². The normalized spacial score (nSPS) is 11.5. The third-order valence-corrected chi connectivity index (χ3v) is 5.46. The number of nitrogens with zero attached hydrogens (tertiary/aromatic N) is 3. The van der Waals surface area contributed by atoms with Crippen molar-refractivity contribution in [3.63, 3.8) is 0 Å². The minimum absolute atomic E-state index is 0.223. The standard InChI is InChI=1S/C26H26FN5O2/c1-16-21(14-29-26-25(16)22(15-30-26)17-7-8-28-23(27)12-17)18-10-19(13-20(11-18)34-4)31-24(33)6-5-9-32(2)3/h5-8,10-15H,9H2,1-4H3,(H,29,30)(H,31,33)/b6-5+. The summed E-state index contributed by atoms with van der Waals surface area (Å²) >= 11 is 0. The van der Waals surface area contributed by atoms with Gasteiger partial charge in [-0.1, -0.05) is 6.08 Å². The maximum Gasteiger partial charge on any atom is 0.248 e. The largest absolute Gasteiger partial charge is 0.497 e. The minimum atomic E-state index is -0.540. The fraction of sp³-hybridized carbons (Fsp3) is 0.192. The lowest BCUT2D eigenvalue weighted by Crippen LogP contribution is -2.13. The number of nitrogens with one attached hydrogen (secondary N) is 2. The van der Waals surface area contributed by atoms with Gasteiger partial charge in [0.25, 0.3) is 0 Å². The summed E-state index contributed by atoms with van der Waals surface area (Å²) in [6.45, 7) is 2.66. The number of benzene rings is 1. The average molecular weight is 460 g/mol. The molecule has 0 radical (unpaired) electrons.